The Bertz CT molecular complexity index is 2650. The summed E-state index contributed by atoms with van der Waals surface area (Å²) in [4.78, 5) is 139. The number of carboxylic acid groups (broad SMARTS) is 1. The van der Waals surface area contributed by atoms with E-state index in [1.54, 1.807) is 109 Å². The number of ether oxygens (including phenoxy) is 3. The average molecular weight is 1270 g/mol. The summed E-state index contributed by atoms with van der Waals surface area (Å²) in [6, 6.07) is 7.10. The Kier molecular flexibility index (Phi) is 32.7. The number of rotatable bonds is 38. The minimum absolute atomic E-state index is 0.0791. The maximum atomic E-state index is 14.8. The molecule has 0 aliphatic carbocycles. The highest BCUT2D eigenvalue weighted by Gasteiger charge is 2.44. The van der Waals surface area contributed by atoms with Gasteiger partial charge in [0.2, 0.25) is 41.4 Å². The number of nitrogens with two attached hydrogens (primary N) is 3. The lowest BCUT2D eigenvalue weighted by Gasteiger charge is -2.41. The Hall–Kier alpha value is -7.42. The highest BCUT2D eigenvalue weighted by Crippen LogP contribution is 2.30. The van der Waals surface area contributed by atoms with Crippen LogP contribution in [0.25, 0.3) is 0 Å². The first-order valence-electron chi connectivity index (χ1n) is 31.4. The van der Waals surface area contributed by atoms with Crippen molar-refractivity contribution in [2.24, 2.45) is 46.8 Å². The van der Waals surface area contributed by atoms with Gasteiger partial charge in [-0.1, -0.05) is 118 Å². The molecule has 1 heterocycles. The number of urea groups is 1. The third-order valence-electron chi connectivity index (χ3n) is 16.7. The molecule has 12 atom stereocenters. The Labute approximate surface area is 531 Å². The number of aliphatic carboxylic acids is 1. The topological polar surface area (TPSA) is 379 Å². The van der Waals surface area contributed by atoms with Gasteiger partial charge in [0.25, 0.3) is 0 Å². The number of hydrogen-bond acceptors (Lipinski definition) is 15. The molecule has 10 amide bonds. The zero-order valence-electron chi connectivity index (χ0n) is 55.1. The van der Waals surface area contributed by atoms with E-state index in [4.69, 9.17) is 31.4 Å². The maximum absolute atomic E-state index is 14.8. The van der Waals surface area contributed by atoms with E-state index in [0.717, 1.165) is 5.56 Å². The normalized spacial score (nSPS) is 16.8. The molecule has 11 unspecified atom stereocenters. The van der Waals surface area contributed by atoms with Crippen molar-refractivity contribution in [3.05, 3.63) is 65.7 Å². The second-order valence-electron chi connectivity index (χ2n) is 24.6. The van der Waals surface area contributed by atoms with Crippen molar-refractivity contribution >= 4 is 65.1 Å². The van der Waals surface area contributed by atoms with Crippen LogP contribution in [0.3, 0.4) is 0 Å². The molecule has 1 saturated heterocycles. The summed E-state index contributed by atoms with van der Waals surface area (Å²) in [5.41, 5.74) is 18.5. The zero-order chi connectivity index (χ0) is 67.5. The first kappa shape index (κ1) is 76.8. The predicted molar refractivity (Wildman–Crippen MR) is 341 cm³/mol. The molecular weight excluding hydrogens is 1160 g/mol. The molecule has 26 heteroatoms. The molecule has 90 heavy (non-hydrogen) atoms. The van der Waals surface area contributed by atoms with E-state index < -0.39 is 132 Å². The number of hydrogen-bond donors (Lipinski definition) is 10. The van der Waals surface area contributed by atoms with Crippen molar-refractivity contribution < 1.29 is 67.3 Å². The molecule has 504 valence electrons. The molecule has 0 radical (unpaired) electrons. The van der Waals surface area contributed by atoms with Gasteiger partial charge in [-0.15, -0.1) is 0 Å². The molecule has 2 aromatic carbocycles. The Morgan fingerprint density at radius 3 is 1.88 bits per heavy atom. The summed E-state index contributed by atoms with van der Waals surface area (Å²) in [5, 5.41) is 26.3. The van der Waals surface area contributed by atoms with Crippen LogP contribution in [-0.2, 0) is 65.6 Å². The highest BCUT2D eigenvalue weighted by molar-refractivity contribution is 5.99. The summed E-state index contributed by atoms with van der Waals surface area (Å²) < 4.78 is 17.7. The molecule has 0 saturated carbocycles. The summed E-state index contributed by atoms with van der Waals surface area (Å²) in [5.74, 6) is -7.02. The van der Waals surface area contributed by atoms with E-state index in [0.29, 0.717) is 62.9 Å². The number of amides is 10. The number of carboxylic acids is 1. The molecular formula is C64H104N12O14. The predicted octanol–water partition coefficient (Wildman–Crippen LogP) is 3.62. The van der Waals surface area contributed by atoms with Gasteiger partial charge in [0, 0.05) is 53.5 Å². The van der Waals surface area contributed by atoms with Gasteiger partial charge in [-0.25, -0.2) is 14.4 Å². The molecule has 0 aromatic heterocycles. The largest absolute Gasteiger partial charge is 0.480 e. The number of likely N-dealkylation sites (N-methyl/N-ethyl adjacent to an activating group) is 2. The van der Waals surface area contributed by atoms with Gasteiger partial charge in [-0.05, 0) is 92.0 Å². The number of benzene rings is 2. The lowest BCUT2D eigenvalue weighted by Crippen LogP contribution is -2.60. The number of unbranched alkanes of at least 4 members (excludes halogenated alkanes) is 1. The van der Waals surface area contributed by atoms with E-state index in [1.165, 1.54) is 31.1 Å². The van der Waals surface area contributed by atoms with E-state index in [-0.39, 0.29) is 56.6 Å². The second kappa shape index (κ2) is 38.3. The molecule has 0 bridgehead atoms. The fourth-order valence-corrected chi connectivity index (χ4v) is 11.3. The highest BCUT2D eigenvalue weighted by atomic mass is 16.6. The van der Waals surface area contributed by atoms with Crippen LogP contribution in [0.2, 0.25) is 0 Å². The minimum atomic E-state index is -1.19. The first-order chi connectivity index (χ1) is 42.5. The number of primary amides is 1. The fraction of sp³-hybridized carbons (Fsp3) is 0.656. The second-order valence-corrected chi connectivity index (χ2v) is 24.6. The van der Waals surface area contributed by atoms with Crippen LogP contribution in [0.5, 0.6) is 0 Å². The van der Waals surface area contributed by atoms with Gasteiger partial charge in [-0.3, -0.25) is 38.5 Å². The van der Waals surface area contributed by atoms with Crippen molar-refractivity contribution in [1.29, 1.82) is 0 Å². The molecule has 13 N–H and O–H groups in total. The Morgan fingerprint density at radius 2 is 1.32 bits per heavy atom. The van der Waals surface area contributed by atoms with Crippen LogP contribution in [0.1, 0.15) is 131 Å². The van der Waals surface area contributed by atoms with Crippen molar-refractivity contribution in [1.82, 2.24) is 41.3 Å². The van der Waals surface area contributed by atoms with Crippen molar-refractivity contribution in [2.75, 3.05) is 53.3 Å². The first-order valence-corrected chi connectivity index (χ1v) is 31.4. The Morgan fingerprint density at radius 1 is 0.700 bits per heavy atom. The van der Waals surface area contributed by atoms with Crippen LogP contribution < -0.4 is 49.1 Å². The number of carbonyl (C=O) groups is 10. The van der Waals surface area contributed by atoms with Gasteiger partial charge in [0.1, 0.15) is 36.8 Å². The molecule has 26 nitrogen and oxygen atoms in total. The van der Waals surface area contributed by atoms with Crippen LogP contribution in [0.4, 0.5) is 15.3 Å². The van der Waals surface area contributed by atoms with Crippen LogP contribution >= 0.6 is 0 Å². The van der Waals surface area contributed by atoms with Crippen LogP contribution in [0.15, 0.2) is 54.6 Å². The molecule has 0 spiro atoms. The van der Waals surface area contributed by atoms with Crippen molar-refractivity contribution in [3.63, 3.8) is 0 Å². The van der Waals surface area contributed by atoms with Gasteiger partial charge in [-0.2, -0.15) is 0 Å². The number of nitrogens with zero attached hydrogens (tertiary/aromatic N) is 3. The van der Waals surface area contributed by atoms with E-state index in [1.807, 2.05) is 19.9 Å². The molecule has 2 aromatic rings. The molecule has 1 aliphatic rings. The summed E-state index contributed by atoms with van der Waals surface area (Å²) in [6.07, 6.45) is 1.36. The average Bonchev–Trinajstić information content (AvgIpc) is 1.52. The summed E-state index contributed by atoms with van der Waals surface area (Å²) >= 11 is 0. The van der Waals surface area contributed by atoms with Gasteiger partial charge in [0.05, 0.1) is 42.7 Å². The standard InChI is InChI=1S/C64H104N12O14/c1-14-40(8)54(49(88-12)35-50(77)76-33-21-26-48(76)55(89-13)41(9)56(78)71-47(62(84)85)34-42-22-16-15-17-23-42)74(10)61(83)52(38(4)5)73-60(82)53(39(6)7)75(11)64(87)90-36-43-27-29-44(30-28-43)69-58(80)46(25-20-32-68-63(67)86)70-59(81)51(37(2)3)72-57(79)45(66)24-18-19-31-65/h15-17,22-23,27-30,37-41,45-49,51-55H,14,18-21,24-26,31-36,65-66H2,1-13H3,(H,69,80)(H,70,81)(H,71,78)(H,72,79)(H,73,82)(H,84,85)(H3,67,68,86)/t40?,41?,45?,46?,47?,48?,49?,51?,52-,53?,54?,55?/m0/s1. The monoisotopic (exact) mass is 1260 g/mol. The maximum Gasteiger partial charge on any atom is 0.410 e. The number of carbonyl (C=O) groups excluding carboxylic acids is 9. The van der Waals surface area contributed by atoms with E-state index >= 15 is 0 Å². The third-order valence-corrected chi connectivity index (χ3v) is 16.7. The quantitative estimate of drug-likeness (QED) is 0.0429. The minimum Gasteiger partial charge on any atom is -0.480 e. The number of likely N-dealkylation sites (tertiary alicyclic amines) is 1. The summed E-state index contributed by atoms with van der Waals surface area (Å²) in [7, 11) is 5.98. The molecule has 1 fully saturated rings. The lowest BCUT2D eigenvalue weighted by molar-refractivity contribution is -0.148. The Balaban J connectivity index is 1.72. The zero-order valence-corrected chi connectivity index (χ0v) is 55.1. The van der Waals surface area contributed by atoms with Gasteiger partial charge < -0.3 is 78.2 Å². The van der Waals surface area contributed by atoms with Crippen molar-refractivity contribution in [3.8, 4) is 0 Å². The number of nitrogens with one attached hydrogen (secondary N) is 6. The van der Waals surface area contributed by atoms with Gasteiger partial charge in [0.15, 0.2) is 0 Å². The van der Waals surface area contributed by atoms with E-state index in [2.05, 4.69) is 31.9 Å². The van der Waals surface area contributed by atoms with Crippen LogP contribution in [-0.4, -0.2) is 188 Å². The molecule has 3 rings (SSSR count). The van der Waals surface area contributed by atoms with Crippen molar-refractivity contribution in [2.45, 2.75) is 194 Å². The lowest BCUT2D eigenvalue weighted by atomic mass is 9.89. The van der Waals surface area contributed by atoms with Gasteiger partial charge >= 0.3 is 18.1 Å². The number of methoxy groups -OCH3 is 2. The number of anilines is 1. The third kappa shape index (κ3) is 23.4. The van der Waals surface area contributed by atoms with Crippen LogP contribution in [0, 0.1) is 29.6 Å². The fourth-order valence-electron chi connectivity index (χ4n) is 11.3. The smallest absolute Gasteiger partial charge is 0.410 e. The SMILES string of the molecule is CCC(C)C(C(CC(=O)N1CCCC1C(OC)C(C)C(=O)NC(Cc1ccccc1)C(=O)O)OC)N(C)C(=O)[C@@H](NC(=O)C(C(C)C)N(C)C(=O)OCc1ccc(NC(=O)C(CCCNC(N)=O)NC(=O)C(NC(=O)C(N)CCCCN)C(C)C)cc1)C(C)C. The van der Waals surface area contributed by atoms with E-state index in [9.17, 15) is 53.1 Å². The molecule has 1 aliphatic heterocycles. The summed E-state index contributed by atoms with van der Waals surface area (Å²) in [6.45, 7) is 16.9.